The van der Waals surface area contributed by atoms with Gasteiger partial charge in [0.05, 0.1) is 5.75 Å². The number of benzene rings is 3. The van der Waals surface area contributed by atoms with E-state index in [9.17, 15) is 18.0 Å². The van der Waals surface area contributed by atoms with Crippen molar-refractivity contribution in [2.45, 2.75) is 6.54 Å². The molecule has 0 radical (unpaired) electrons. The third-order valence-electron chi connectivity index (χ3n) is 5.50. The van der Waals surface area contributed by atoms with Gasteiger partial charge in [-0.3, -0.25) is 14.5 Å². The van der Waals surface area contributed by atoms with E-state index in [2.05, 4.69) is 25.7 Å². The molecule has 0 saturated carbocycles. The molecular formula is C28H27N5O4S. The quantitative estimate of drug-likeness (QED) is 0.244. The molecule has 0 fully saturated rings. The first-order valence-corrected chi connectivity index (χ1v) is 13.5. The van der Waals surface area contributed by atoms with Gasteiger partial charge in [-0.25, -0.2) is 13.2 Å². The second-order valence-corrected chi connectivity index (χ2v) is 10.2. The molecule has 0 saturated heterocycles. The van der Waals surface area contributed by atoms with E-state index in [1.807, 2.05) is 48.5 Å². The largest absolute Gasteiger partial charge is 0.351 e. The first-order valence-electron chi connectivity index (χ1n) is 11.9. The van der Waals surface area contributed by atoms with Crippen LogP contribution in [0, 0.1) is 0 Å². The Morgan fingerprint density at radius 3 is 2.21 bits per heavy atom. The van der Waals surface area contributed by atoms with Crippen LogP contribution in [0.25, 0.3) is 11.1 Å². The highest BCUT2D eigenvalue weighted by molar-refractivity contribution is 7.92. The lowest BCUT2D eigenvalue weighted by Gasteiger charge is -2.12. The first kappa shape index (κ1) is 26.4. The molecule has 1 heterocycles. The lowest BCUT2D eigenvalue weighted by Crippen LogP contribution is -2.31. The summed E-state index contributed by atoms with van der Waals surface area (Å²) in [6, 6.07) is 26.2. The Morgan fingerprint density at radius 2 is 1.47 bits per heavy atom. The minimum atomic E-state index is -3.72. The maximum atomic E-state index is 12.8. The number of nitrogens with one attached hydrogen (secondary N) is 4. The Labute approximate surface area is 221 Å². The van der Waals surface area contributed by atoms with Crippen molar-refractivity contribution in [3.05, 3.63) is 115 Å². The average molecular weight is 530 g/mol. The number of nitrogens with zero attached hydrogens (tertiary/aromatic N) is 1. The van der Waals surface area contributed by atoms with E-state index in [4.69, 9.17) is 0 Å². The normalized spacial score (nSPS) is 10.8. The molecule has 0 aliphatic carbocycles. The fraction of sp³-hybridized carbons (Fsp3) is 0.107. The zero-order valence-corrected chi connectivity index (χ0v) is 21.2. The van der Waals surface area contributed by atoms with E-state index in [0.29, 0.717) is 23.5 Å². The Hall–Kier alpha value is -4.70. The summed E-state index contributed by atoms with van der Waals surface area (Å²) in [6.45, 7) is 0.264. The number of urea groups is 1. The molecule has 3 aromatic carbocycles. The van der Waals surface area contributed by atoms with Gasteiger partial charge < -0.3 is 16.0 Å². The number of pyridine rings is 1. The fourth-order valence-electron chi connectivity index (χ4n) is 3.66. The summed E-state index contributed by atoms with van der Waals surface area (Å²) < 4.78 is 27.6. The van der Waals surface area contributed by atoms with Gasteiger partial charge in [0.25, 0.3) is 5.91 Å². The van der Waals surface area contributed by atoms with E-state index >= 15 is 0 Å². The third kappa shape index (κ3) is 7.65. The van der Waals surface area contributed by atoms with Crippen LogP contribution in [-0.4, -0.2) is 37.6 Å². The molecule has 9 nitrogen and oxygen atoms in total. The van der Waals surface area contributed by atoms with E-state index in [1.165, 1.54) is 0 Å². The van der Waals surface area contributed by atoms with Crippen LogP contribution in [0.3, 0.4) is 0 Å². The van der Waals surface area contributed by atoms with Crippen molar-refractivity contribution in [3.63, 3.8) is 0 Å². The van der Waals surface area contributed by atoms with Crippen LogP contribution in [0.15, 0.2) is 103 Å². The predicted octanol–water partition coefficient (Wildman–Crippen LogP) is 4.24. The maximum absolute atomic E-state index is 12.8. The monoisotopic (exact) mass is 529 g/mol. The van der Waals surface area contributed by atoms with Crippen molar-refractivity contribution >= 4 is 33.3 Å². The number of rotatable bonds is 10. The molecular weight excluding hydrogens is 502 g/mol. The molecule has 10 heteroatoms. The van der Waals surface area contributed by atoms with Crippen LogP contribution in [0.5, 0.6) is 0 Å². The molecule has 0 bridgehead atoms. The number of carbonyl (C=O) groups excluding carboxylic acids is 2. The standard InChI is InChI=1S/C28H27N5O4S/c34-27(26-11-5-4-10-25(26)22-8-2-1-3-9-22)30-17-18-38(36,37)33-24-14-12-23(13-15-24)32-28(35)31-20-21-7-6-16-29-19-21/h1-16,19,33H,17-18,20H2,(H,30,34)(H2,31,32,35). The number of hydrogen-bond donors (Lipinski definition) is 4. The molecule has 4 N–H and O–H groups in total. The fourth-order valence-corrected chi connectivity index (χ4v) is 4.63. The summed E-state index contributed by atoms with van der Waals surface area (Å²) in [5.41, 5.74) is 3.84. The smallest absolute Gasteiger partial charge is 0.319 e. The highest BCUT2D eigenvalue weighted by Crippen LogP contribution is 2.23. The van der Waals surface area contributed by atoms with E-state index in [1.54, 1.807) is 54.9 Å². The van der Waals surface area contributed by atoms with Crippen molar-refractivity contribution < 1.29 is 18.0 Å². The summed E-state index contributed by atoms with van der Waals surface area (Å²) in [7, 11) is -3.72. The Kier molecular flexibility index (Phi) is 8.68. The van der Waals surface area contributed by atoms with Crippen LogP contribution in [0.1, 0.15) is 15.9 Å². The topological polar surface area (TPSA) is 129 Å². The molecule has 0 atom stereocenters. The molecule has 0 unspecified atom stereocenters. The van der Waals surface area contributed by atoms with Gasteiger partial charge in [0.1, 0.15) is 0 Å². The zero-order chi connectivity index (χ0) is 26.8. The van der Waals surface area contributed by atoms with E-state index in [0.717, 1.165) is 16.7 Å². The molecule has 1 aromatic heterocycles. The van der Waals surface area contributed by atoms with Crippen molar-refractivity contribution in [1.82, 2.24) is 15.6 Å². The zero-order valence-electron chi connectivity index (χ0n) is 20.4. The van der Waals surface area contributed by atoms with E-state index < -0.39 is 16.1 Å². The summed E-state index contributed by atoms with van der Waals surface area (Å²) in [5, 5.41) is 8.10. The average Bonchev–Trinajstić information content (AvgIpc) is 2.94. The summed E-state index contributed by atoms with van der Waals surface area (Å²) in [4.78, 5) is 28.8. The van der Waals surface area contributed by atoms with Gasteiger partial charge in [-0.1, -0.05) is 54.6 Å². The van der Waals surface area contributed by atoms with Crippen LogP contribution in [0.2, 0.25) is 0 Å². The molecule has 0 aliphatic rings. The maximum Gasteiger partial charge on any atom is 0.319 e. The lowest BCUT2D eigenvalue weighted by molar-refractivity contribution is 0.0956. The van der Waals surface area contributed by atoms with Gasteiger partial charge in [0.15, 0.2) is 0 Å². The minimum Gasteiger partial charge on any atom is -0.351 e. The molecule has 194 valence electrons. The van der Waals surface area contributed by atoms with Crippen molar-refractivity contribution in [2.75, 3.05) is 22.3 Å². The number of amides is 3. The van der Waals surface area contributed by atoms with Crippen molar-refractivity contribution in [3.8, 4) is 11.1 Å². The molecule has 0 spiro atoms. The van der Waals surface area contributed by atoms with Crippen LogP contribution in [-0.2, 0) is 16.6 Å². The first-order chi connectivity index (χ1) is 18.4. The number of hydrogen-bond acceptors (Lipinski definition) is 5. The van der Waals surface area contributed by atoms with Gasteiger partial charge in [-0.15, -0.1) is 0 Å². The minimum absolute atomic E-state index is 0.0615. The van der Waals surface area contributed by atoms with Crippen molar-refractivity contribution in [2.24, 2.45) is 0 Å². The lowest BCUT2D eigenvalue weighted by atomic mass is 9.99. The van der Waals surface area contributed by atoms with Gasteiger partial charge in [-0.05, 0) is 53.1 Å². The molecule has 3 amide bonds. The number of anilines is 2. The summed E-state index contributed by atoms with van der Waals surface area (Å²) in [6.07, 6.45) is 3.32. The molecule has 0 aliphatic heterocycles. The summed E-state index contributed by atoms with van der Waals surface area (Å²) >= 11 is 0. The Balaban J connectivity index is 1.26. The van der Waals surface area contributed by atoms with Crippen molar-refractivity contribution in [1.29, 1.82) is 0 Å². The van der Waals surface area contributed by atoms with Crippen LogP contribution < -0.4 is 20.7 Å². The van der Waals surface area contributed by atoms with E-state index in [-0.39, 0.29) is 18.2 Å². The van der Waals surface area contributed by atoms with Crippen LogP contribution >= 0.6 is 0 Å². The number of sulfonamides is 1. The Morgan fingerprint density at radius 1 is 0.763 bits per heavy atom. The molecule has 38 heavy (non-hydrogen) atoms. The predicted molar refractivity (Wildman–Crippen MR) is 148 cm³/mol. The second kappa shape index (κ2) is 12.5. The Bertz CT molecular complexity index is 1480. The highest BCUT2D eigenvalue weighted by Gasteiger charge is 2.15. The second-order valence-electron chi connectivity index (χ2n) is 8.33. The number of aromatic nitrogens is 1. The molecule has 4 rings (SSSR count). The summed E-state index contributed by atoms with van der Waals surface area (Å²) in [5.74, 6) is -0.653. The highest BCUT2D eigenvalue weighted by atomic mass is 32.2. The SMILES string of the molecule is O=C(NCc1cccnc1)Nc1ccc(NS(=O)(=O)CCNC(=O)c2ccccc2-c2ccccc2)cc1. The molecule has 4 aromatic rings. The third-order valence-corrected chi connectivity index (χ3v) is 6.79. The van der Waals surface area contributed by atoms with Crippen LogP contribution in [0.4, 0.5) is 16.2 Å². The van der Waals surface area contributed by atoms with Gasteiger partial charge in [0, 0.05) is 42.4 Å². The van der Waals surface area contributed by atoms with Gasteiger partial charge in [0.2, 0.25) is 10.0 Å². The van der Waals surface area contributed by atoms with Gasteiger partial charge in [-0.2, -0.15) is 0 Å². The number of carbonyl (C=O) groups is 2. The van der Waals surface area contributed by atoms with Gasteiger partial charge >= 0.3 is 6.03 Å².